The first-order valence-corrected chi connectivity index (χ1v) is 7.07. The number of nitrogens with one attached hydrogen (secondary N) is 1. The number of nitrogen functional groups attached to an aromatic ring is 1. The first-order valence-electron chi connectivity index (χ1n) is 4.24. The summed E-state index contributed by atoms with van der Waals surface area (Å²) in [5.74, 6) is 0.819. The van der Waals surface area contributed by atoms with Gasteiger partial charge in [0.05, 0.1) is 6.20 Å². The van der Waals surface area contributed by atoms with Crippen LogP contribution in [0.2, 0.25) is 0 Å². The van der Waals surface area contributed by atoms with Crippen molar-refractivity contribution in [2.24, 2.45) is 0 Å². The lowest BCUT2D eigenvalue weighted by Gasteiger charge is -2.15. The van der Waals surface area contributed by atoms with E-state index in [1.807, 2.05) is 6.26 Å². The van der Waals surface area contributed by atoms with Crippen molar-refractivity contribution < 1.29 is 8.42 Å². The van der Waals surface area contributed by atoms with E-state index in [9.17, 15) is 8.42 Å². The third-order valence-corrected chi connectivity index (χ3v) is 4.41. The van der Waals surface area contributed by atoms with E-state index in [4.69, 9.17) is 5.73 Å². The molecule has 6 nitrogen and oxygen atoms in total. The maximum absolute atomic E-state index is 11.9. The van der Waals surface area contributed by atoms with Crippen LogP contribution in [-0.2, 0) is 10.0 Å². The Labute approximate surface area is 93.3 Å². The molecule has 86 valence electrons. The molecule has 0 spiro atoms. The predicted octanol–water partition coefficient (Wildman–Crippen LogP) is -0.0246. The maximum atomic E-state index is 11.9. The molecule has 1 aromatic heterocycles. The fourth-order valence-corrected chi connectivity index (χ4v) is 2.75. The number of hydrogen-bond donors (Lipinski definition) is 2. The van der Waals surface area contributed by atoms with E-state index in [0.29, 0.717) is 6.54 Å². The number of thioether (sulfide) groups is 1. The Morgan fingerprint density at radius 2 is 2.33 bits per heavy atom. The lowest BCUT2D eigenvalue weighted by molar-refractivity contribution is 0.489. The summed E-state index contributed by atoms with van der Waals surface area (Å²) in [4.78, 5) is 0.0334. The quantitative estimate of drug-likeness (QED) is 0.766. The number of sulfonamides is 1. The summed E-state index contributed by atoms with van der Waals surface area (Å²) in [7, 11) is -1.97. The van der Waals surface area contributed by atoms with Crippen LogP contribution in [0.25, 0.3) is 0 Å². The Hall–Kier alpha value is -0.730. The van der Waals surface area contributed by atoms with E-state index in [1.54, 1.807) is 11.8 Å². The zero-order valence-corrected chi connectivity index (χ0v) is 10.2. The van der Waals surface area contributed by atoms with Gasteiger partial charge in [-0.25, -0.2) is 8.42 Å². The van der Waals surface area contributed by atoms with Gasteiger partial charge >= 0.3 is 0 Å². The molecule has 1 aromatic rings. The van der Waals surface area contributed by atoms with E-state index in [0.717, 1.165) is 5.75 Å². The maximum Gasteiger partial charge on any atom is 0.248 e. The summed E-state index contributed by atoms with van der Waals surface area (Å²) in [6, 6.07) is 0. The van der Waals surface area contributed by atoms with Gasteiger partial charge in [0, 0.05) is 19.3 Å². The normalized spacial score (nSPS) is 12.2. The zero-order chi connectivity index (χ0) is 11.5. The van der Waals surface area contributed by atoms with Gasteiger partial charge in [-0.15, -0.1) is 0 Å². The molecule has 0 aliphatic heterocycles. The highest BCUT2D eigenvalue weighted by atomic mass is 32.2. The second-order valence-corrected chi connectivity index (χ2v) is 5.97. The summed E-state index contributed by atoms with van der Waals surface area (Å²) in [5, 5.41) is 5.99. The zero-order valence-electron chi connectivity index (χ0n) is 8.60. The van der Waals surface area contributed by atoms with E-state index in [2.05, 4.69) is 10.2 Å². The van der Waals surface area contributed by atoms with Crippen molar-refractivity contribution in [3.63, 3.8) is 0 Å². The highest BCUT2D eigenvalue weighted by Gasteiger charge is 2.24. The van der Waals surface area contributed by atoms with Crippen LogP contribution in [0.5, 0.6) is 0 Å². The number of H-pyrrole nitrogens is 1. The van der Waals surface area contributed by atoms with Gasteiger partial charge in [0.2, 0.25) is 10.0 Å². The number of nitrogens with zero attached hydrogens (tertiary/aromatic N) is 2. The Kier molecular flexibility index (Phi) is 4.00. The van der Waals surface area contributed by atoms with Gasteiger partial charge in [0.25, 0.3) is 0 Å². The van der Waals surface area contributed by atoms with Crippen LogP contribution in [-0.4, -0.2) is 48.5 Å². The van der Waals surface area contributed by atoms with Crippen LogP contribution in [0.15, 0.2) is 11.1 Å². The first kappa shape index (κ1) is 12.3. The Bertz CT molecular complexity index is 414. The molecular weight excluding hydrogens is 236 g/mol. The predicted molar refractivity (Wildman–Crippen MR) is 61.2 cm³/mol. The fourth-order valence-electron chi connectivity index (χ4n) is 0.999. The summed E-state index contributed by atoms with van der Waals surface area (Å²) >= 11 is 1.59. The molecule has 15 heavy (non-hydrogen) atoms. The molecule has 1 rings (SSSR count). The average Bonchev–Trinajstić information content (AvgIpc) is 2.61. The molecule has 0 radical (unpaired) electrons. The molecule has 0 aromatic carbocycles. The van der Waals surface area contributed by atoms with Gasteiger partial charge in [-0.05, 0) is 6.26 Å². The number of aromatic nitrogens is 2. The van der Waals surface area contributed by atoms with Crippen molar-refractivity contribution in [3.05, 3.63) is 6.20 Å². The molecule has 0 saturated carbocycles. The fraction of sp³-hybridized carbons (Fsp3) is 0.571. The van der Waals surface area contributed by atoms with Crippen LogP contribution >= 0.6 is 11.8 Å². The Morgan fingerprint density at radius 1 is 1.67 bits per heavy atom. The minimum absolute atomic E-state index is 0.0334. The summed E-state index contributed by atoms with van der Waals surface area (Å²) in [5.41, 5.74) is 5.46. The molecule has 0 saturated heterocycles. The lowest BCUT2D eigenvalue weighted by atomic mass is 10.7. The van der Waals surface area contributed by atoms with Gasteiger partial charge < -0.3 is 5.73 Å². The minimum Gasteiger partial charge on any atom is -0.383 e. The molecule has 1 heterocycles. The molecule has 0 aliphatic rings. The van der Waals surface area contributed by atoms with Crippen LogP contribution < -0.4 is 5.73 Å². The van der Waals surface area contributed by atoms with Crippen molar-refractivity contribution in [1.82, 2.24) is 14.5 Å². The SMILES string of the molecule is CSCCN(C)S(=O)(=O)c1cn[nH]c1N. The van der Waals surface area contributed by atoms with Gasteiger partial charge in [0.15, 0.2) is 0 Å². The number of anilines is 1. The van der Waals surface area contributed by atoms with Crippen LogP contribution in [0.3, 0.4) is 0 Å². The summed E-state index contributed by atoms with van der Waals surface area (Å²) in [6.07, 6.45) is 3.15. The number of nitrogens with two attached hydrogens (primary N) is 1. The van der Waals surface area contributed by atoms with Crippen molar-refractivity contribution in [2.75, 3.05) is 31.3 Å². The van der Waals surface area contributed by atoms with Gasteiger partial charge in [-0.3, -0.25) is 5.10 Å². The molecule has 0 fully saturated rings. The van der Waals surface area contributed by atoms with Crippen molar-refractivity contribution in [1.29, 1.82) is 0 Å². The number of aromatic amines is 1. The van der Waals surface area contributed by atoms with Crippen LogP contribution in [0, 0.1) is 0 Å². The minimum atomic E-state index is -3.50. The molecule has 3 N–H and O–H groups in total. The molecule has 0 unspecified atom stereocenters. The summed E-state index contributed by atoms with van der Waals surface area (Å²) in [6.45, 7) is 0.452. The highest BCUT2D eigenvalue weighted by Crippen LogP contribution is 2.18. The van der Waals surface area contributed by atoms with Crippen molar-refractivity contribution in [2.45, 2.75) is 4.90 Å². The Morgan fingerprint density at radius 3 is 2.80 bits per heavy atom. The molecule has 0 aliphatic carbocycles. The van der Waals surface area contributed by atoms with Crippen molar-refractivity contribution >= 4 is 27.6 Å². The molecular formula is C7H14N4O2S2. The standard InChI is InChI=1S/C7H14N4O2S2/c1-11(3-4-14-2)15(12,13)6-5-9-10-7(6)8/h5H,3-4H2,1-2H3,(H3,8,9,10). The largest absolute Gasteiger partial charge is 0.383 e. The second-order valence-electron chi connectivity index (χ2n) is 2.97. The van der Waals surface area contributed by atoms with E-state index in [-0.39, 0.29) is 10.7 Å². The second kappa shape index (κ2) is 4.86. The molecule has 0 bridgehead atoms. The average molecular weight is 250 g/mol. The topological polar surface area (TPSA) is 92.1 Å². The van der Waals surface area contributed by atoms with Gasteiger partial charge in [-0.1, -0.05) is 0 Å². The number of hydrogen-bond acceptors (Lipinski definition) is 5. The lowest BCUT2D eigenvalue weighted by Crippen LogP contribution is -2.29. The first-order chi connectivity index (χ1) is 7.00. The smallest absolute Gasteiger partial charge is 0.248 e. The van der Waals surface area contributed by atoms with Gasteiger partial charge in [0.1, 0.15) is 10.7 Å². The van der Waals surface area contributed by atoms with Crippen LogP contribution in [0.1, 0.15) is 0 Å². The monoisotopic (exact) mass is 250 g/mol. The summed E-state index contributed by atoms with van der Waals surface area (Å²) < 4.78 is 25.1. The van der Waals surface area contributed by atoms with Crippen molar-refractivity contribution in [3.8, 4) is 0 Å². The van der Waals surface area contributed by atoms with E-state index >= 15 is 0 Å². The van der Waals surface area contributed by atoms with E-state index in [1.165, 1.54) is 17.5 Å². The molecule has 0 amide bonds. The Balaban J connectivity index is 2.88. The molecule has 0 atom stereocenters. The van der Waals surface area contributed by atoms with Crippen LogP contribution in [0.4, 0.5) is 5.82 Å². The van der Waals surface area contributed by atoms with Gasteiger partial charge in [-0.2, -0.15) is 21.2 Å². The highest BCUT2D eigenvalue weighted by molar-refractivity contribution is 7.98. The third-order valence-electron chi connectivity index (χ3n) is 1.93. The van der Waals surface area contributed by atoms with E-state index < -0.39 is 10.0 Å². The number of rotatable bonds is 5. The molecule has 8 heteroatoms. The third kappa shape index (κ3) is 2.64.